The van der Waals surface area contributed by atoms with Crippen molar-refractivity contribution < 1.29 is 4.74 Å². The summed E-state index contributed by atoms with van der Waals surface area (Å²) in [5, 5.41) is 3.45. The van der Waals surface area contributed by atoms with E-state index >= 15 is 0 Å². The summed E-state index contributed by atoms with van der Waals surface area (Å²) < 4.78 is 7.13. The molecule has 0 bridgehead atoms. The van der Waals surface area contributed by atoms with Gasteiger partial charge >= 0.3 is 5.69 Å². The summed E-state index contributed by atoms with van der Waals surface area (Å²) in [6, 6.07) is 0.277. The van der Waals surface area contributed by atoms with Crippen LogP contribution in [0.25, 0.3) is 0 Å². The normalized spacial score (nSPS) is 21.1. The highest BCUT2D eigenvalue weighted by molar-refractivity contribution is 5.00. The van der Waals surface area contributed by atoms with Crippen LogP contribution >= 0.6 is 0 Å². The molecule has 2 heterocycles. The minimum absolute atomic E-state index is 0.178. The van der Waals surface area contributed by atoms with Crippen LogP contribution in [0.3, 0.4) is 0 Å². The maximum Gasteiger partial charge on any atom is 0.347 e. The molecule has 1 aromatic heterocycles. The Morgan fingerprint density at radius 1 is 1.67 bits per heavy atom. The van der Waals surface area contributed by atoms with Crippen LogP contribution in [-0.4, -0.2) is 35.4 Å². The van der Waals surface area contributed by atoms with Crippen LogP contribution in [0.1, 0.15) is 18.9 Å². The Bertz CT molecular complexity index is 438. The zero-order valence-electron chi connectivity index (χ0n) is 11.1. The van der Waals surface area contributed by atoms with Gasteiger partial charge in [0.05, 0.1) is 6.61 Å². The first kappa shape index (κ1) is 13.2. The molecule has 0 amide bonds. The molecule has 5 heteroatoms. The second kappa shape index (κ2) is 6.11. The number of likely N-dealkylation sites (N-methyl/N-ethyl adjacent to an activating group) is 1. The van der Waals surface area contributed by atoms with Crippen molar-refractivity contribution in [2.45, 2.75) is 32.9 Å². The van der Waals surface area contributed by atoms with Gasteiger partial charge in [0.1, 0.15) is 0 Å². The van der Waals surface area contributed by atoms with E-state index in [-0.39, 0.29) is 11.7 Å². The molecule has 18 heavy (non-hydrogen) atoms. The fourth-order valence-corrected chi connectivity index (χ4v) is 2.42. The minimum Gasteiger partial charge on any atom is -0.381 e. The highest BCUT2D eigenvalue weighted by Crippen LogP contribution is 2.17. The number of hydrogen-bond acceptors (Lipinski definition) is 4. The molecule has 1 aliphatic heterocycles. The molecule has 1 saturated heterocycles. The Kier molecular flexibility index (Phi) is 4.49. The number of nitrogens with one attached hydrogen (secondary N) is 1. The minimum atomic E-state index is -0.178. The van der Waals surface area contributed by atoms with Gasteiger partial charge in [0, 0.05) is 37.5 Å². The molecular formula is C13H21N3O2. The predicted molar refractivity (Wildman–Crippen MR) is 69.6 cm³/mol. The van der Waals surface area contributed by atoms with Gasteiger partial charge in [-0.3, -0.25) is 4.57 Å². The van der Waals surface area contributed by atoms with E-state index in [1.165, 1.54) is 0 Å². The van der Waals surface area contributed by atoms with Gasteiger partial charge in [-0.05, 0) is 25.5 Å². The number of aromatic nitrogens is 2. The van der Waals surface area contributed by atoms with Crippen LogP contribution in [0.2, 0.25) is 0 Å². The fraction of sp³-hybridized carbons (Fsp3) is 0.692. The molecule has 1 N–H and O–H groups in total. The molecule has 0 saturated carbocycles. The number of ether oxygens (including phenoxy) is 1. The van der Waals surface area contributed by atoms with Gasteiger partial charge in [0.25, 0.3) is 0 Å². The quantitative estimate of drug-likeness (QED) is 0.831. The van der Waals surface area contributed by atoms with Crippen molar-refractivity contribution >= 4 is 0 Å². The van der Waals surface area contributed by atoms with E-state index in [0.29, 0.717) is 12.5 Å². The summed E-state index contributed by atoms with van der Waals surface area (Å²) in [6.07, 6.45) is 4.54. The summed E-state index contributed by atoms with van der Waals surface area (Å²) in [7, 11) is 0. The lowest BCUT2D eigenvalue weighted by Gasteiger charge is -2.24. The average molecular weight is 251 g/mol. The monoisotopic (exact) mass is 251 g/mol. The highest BCUT2D eigenvalue weighted by atomic mass is 16.5. The molecule has 0 aromatic carbocycles. The number of nitrogens with zero attached hydrogens (tertiary/aromatic N) is 2. The zero-order valence-corrected chi connectivity index (χ0v) is 11.1. The number of aryl methyl sites for hydroxylation is 1. The first-order valence-electron chi connectivity index (χ1n) is 6.55. The van der Waals surface area contributed by atoms with Gasteiger partial charge in [-0.1, -0.05) is 6.92 Å². The summed E-state index contributed by atoms with van der Waals surface area (Å²) >= 11 is 0. The summed E-state index contributed by atoms with van der Waals surface area (Å²) in [6.45, 7) is 7.20. The molecule has 0 spiro atoms. The van der Waals surface area contributed by atoms with Crippen molar-refractivity contribution in [1.29, 1.82) is 0 Å². The molecule has 2 rings (SSSR count). The number of rotatable bonds is 5. The van der Waals surface area contributed by atoms with E-state index in [9.17, 15) is 4.79 Å². The molecule has 1 fully saturated rings. The van der Waals surface area contributed by atoms with Crippen molar-refractivity contribution in [2.24, 2.45) is 5.92 Å². The van der Waals surface area contributed by atoms with Crippen LogP contribution in [0.5, 0.6) is 0 Å². The lowest BCUT2D eigenvalue weighted by molar-refractivity contribution is 0.173. The van der Waals surface area contributed by atoms with Gasteiger partial charge < -0.3 is 10.1 Å². The van der Waals surface area contributed by atoms with E-state index in [2.05, 4.69) is 17.2 Å². The number of hydrogen-bond donors (Lipinski definition) is 1. The van der Waals surface area contributed by atoms with Crippen molar-refractivity contribution in [3.8, 4) is 0 Å². The molecule has 2 atom stereocenters. The Hall–Kier alpha value is -1.20. The van der Waals surface area contributed by atoms with E-state index in [1.807, 2.05) is 13.1 Å². The smallest absolute Gasteiger partial charge is 0.347 e. The van der Waals surface area contributed by atoms with Crippen LogP contribution in [0, 0.1) is 12.8 Å². The second-order valence-electron chi connectivity index (χ2n) is 4.85. The van der Waals surface area contributed by atoms with Crippen molar-refractivity contribution in [2.75, 3.05) is 19.8 Å². The van der Waals surface area contributed by atoms with Gasteiger partial charge in [-0.2, -0.15) is 0 Å². The maximum atomic E-state index is 11.7. The van der Waals surface area contributed by atoms with Gasteiger partial charge in [-0.15, -0.1) is 0 Å². The summed E-state index contributed by atoms with van der Waals surface area (Å²) in [5.74, 6) is 0.484. The Morgan fingerprint density at radius 2 is 2.50 bits per heavy atom. The van der Waals surface area contributed by atoms with Crippen LogP contribution < -0.4 is 11.0 Å². The fourth-order valence-electron chi connectivity index (χ4n) is 2.42. The third-order valence-electron chi connectivity index (χ3n) is 3.38. The predicted octanol–water partition coefficient (Wildman–Crippen LogP) is 0.566. The highest BCUT2D eigenvalue weighted by Gasteiger charge is 2.25. The molecule has 5 nitrogen and oxygen atoms in total. The second-order valence-corrected chi connectivity index (χ2v) is 4.85. The van der Waals surface area contributed by atoms with Gasteiger partial charge in [0.15, 0.2) is 0 Å². The van der Waals surface area contributed by atoms with Crippen LogP contribution in [-0.2, 0) is 11.3 Å². The lowest BCUT2D eigenvalue weighted by Crippen LogP contribution is -2.42. The molecule has 0 aliphatic carbocycles. The Balaban J connectivity index is 2.12. The average Bonchev–Trinajstić information content (AvgIpc) is 2.87. The van der Waals surface area contributed by atoms with E-state index in [4.69, 9.17) is 4.74 Å². The summed E-state index contributed by atoms with van der Waals surface area (Å²) in [4.78, 5) is 15.6. The SMILES string of the molecule is CCNC(Cn1cc(C)cnc1=O)C1CCOC1. The topological polar surface area (TPSA) is 56.2 Å². The maximum absolute atomic E-state index is 11.7. The van der Waals surface area contributed by atoms with E-state index in [0.717, 1.165) is 31.7 Å². The summed E-state index contributed by atoms with van der Waals surface area (Å²) in [5.41, 5.74) is 0.829. The van der Waals surface area contributed by atoms with Gasteiger partial charge in [-0.25, -0.2) is 9.78 Å². The van der Waals surface area contributed by atoms with Crippen LogP contribution in [0.4, 0.5) is 0 Å². The lowest BCUT2D eigenvalue weighted by atomic mass is 9.99. The third-order valence-corrected chi connectivity index (χ3v) is 3.38. The van der Waals surface area contributed by atoms with Crippen molar-refractivity contribution in [3.63, 3.8) is 0 Å². The largest absolute Gasteiger partial charge is 0.381 e. The molecule has 1 aliphatic rings. The molecule has 1 aromatic rings. The Labute approximate surface area is 107 Å². The van der Waals surface area contributed by atoms with E-state index < -0.39 is 0 Å². The third kappa shape index (κ3) is 3.17. The molecule has 0 radical (unpaired) electrons. The van der Waals surface area contributed by atoms with Crippen molar-refractivity contribution in [3.05, 3.63) is 28.4 Å². The zero-order chi connectivity index (χ0) is 13.0. The van der Waals surface area contributed by atoms with Crippen LogP contribution in [0.15, 0.2) is 17.2 Å². The standard InChI is InChI=1S/C13H21N3O2/c1-3-14-12(11-4-5-18-9-11)8-16-7-10(2)6-15-13(16)17/h6-7,11-12,14H,3-5,8-9H2,1-2H3. The molecular weight excluding hydrogens is 230 g/mol. The van der Waals surface area contributed by atoms with Gasteiger partial charge in [0.2, 0.25) is 0 Å². The van der Waals surface area contributed by atoms with Crippen molar-refractivity contribution in [1.82, 2.24) is 14.9 Å². The molecule has 100 valence electrons. The molecule has 2 unspecified atom stereocenters. The van der Waals surface area contributed by atoms with E-state index in [1.54, 1.807) is 10.8 Å². The Morgan fingerprint density at radius 3 is 3.17 bits per heavy atom. The first-order valence-corrected chi connectivity index (χ1v) is 6.55. The first-order chi connectivity index (χ1) is 8.70.